The van der Waals surface area contributed by atoms with Crippen LogP contribution in [0, 0.1) is 0 Å². The second-order valence-electron chi connectivity index (χ2n) is 3.78. The molecule has 0 aliphatic rings. The quantitative estimate of drug-likeness (QED) is 0.712. The summed E-state index contributed by atoms with van der Waals surface area (Å²) in [5.74, 6) is 0.860. The molecule has 0 amide bonds. The van der Waals surface area contributed by atoms with Crippen molar-refractivity contribution in [3.8, 4) is 11.6 Å². The van der Waals surface area contributed by atoms with E-state index in [1.165, 1.54) is 6.20 Å². The number of benzene rings is 1. The lowest BCUT2D eigenvalue weighted by Crippen LogP contribution is -1.93. The van der Waals surface area contributed by atoms with Gasteiger partial charge in [-0.2, -0.15) is 0 Å². The van der Waals surface area contributed by atoms with E-state index in [2.05, 4.69) is 15.2 Å². The molecule has 19 heavy (non-hydrogen) atoms. The third-order valence-corrected chi connectivity index (χ3v) is 2.99. The largest absolute Gasteiger partial charge is 0.435 e. The van der Waals surface area contributed by atoms with Crippen LogP contribution in [0.25, 0.3) is 10.8 Å². The first-order valence-corrected chi connectivity index (χ1v) is 6.19. The fourth-order valence-electron chi connectivity index (χ4n) is 1.68. The molecule has 0 radical (unpaired) electrons. The minimum absolute atomic E-state index is 0.340. The van der Waals surface area contributed by atoms with Gasteiger partial charge in [-0.25, -0.2) is 0 Å². The van der Waals surface area contributed by atoms with Gasteiger partial charge in [0.25, 0.3) is 0 Å². The molecule has 0 unspecified atom stereocenters. The van der Waals surface area contributed by atoms with Crippen LogP contribution >= 0.6 is 23.2 Å². The van der Waals surface area contributed by atoms with Gasteiger partial charge in [0.05, 0.1) is 11.2 Å². The van der Waals surface area contributed by atoms with Gasteiger partial charge in [-0.3, -0.25) is 4.98 Å². The highest BCUT2D eigenvalue weighted by Gasteiger charge is 2.09. The predicted octanol–water partition coefficient (Wildman–Crippen LogP) is 4.12. The van der Waals surface area contributed by atoms with Crippen molar-refractivity contribution >= 4 is 34.0 Å². The Labute approximate surface area is 119 Å². The average Bonchev–Trinajstić information content (AvgIpc) is 2.42. The first kappa shape index (κ1) is 12.1. The zero-order chi connectivity index (χ0) is 13.2. The Bertz CT molecular complexity index is 749. The minimum Gasteiger partial charge on any atom is -0.435 e. The van der Waals surface area contributed by atoms with E-state index in [0.717, 1.165) is 10.8 Å². The maximum atomic E-state index is 5.99. The molecular formula is C13H7Cl2N3O. The van der Waals surface area contributed by atoms with Crippen LogP contribution in [0.2, 0.25) is 10.2 Å². The normalized spacial score (nSPS) is 10.6. The molecule has 2 heterocycles. The van der Waals surface area contributed by atoms with E-state index < -0.39 is 0 Å². The van der Waals surface area contributed by atoms with Gasteiger partial charge in [-0.15, -0.1) is 10.2 Å². The third-order valence-electron chi connectivity index (χ3n) is 2.50. The number of halogens is 2. The lowest BCUT2D eigenvalue weighted by molar-refractivity contribution is 0.460. The van der Waals surface area contributed by atoms with E-state index in [1.807, 2.05) is 24.3 Å². The summed E-state index contributed by atoms with van der Waals surface area (Å²) in [5, 5.41) is 10.2. The highest BCUT2D eigenvalue weighted by atomic mass is 35.5. The van der Waals surface area contributed by atoms with Crippen LogP contribution in [-0.4, -0.2) is 15.2 Å². The molecule has 1 aromatic carbocycles. The maximum Gasteiger partial charge on any atom is 0.246 e. The molecule has 4 nitrogen and oxygen atoms in total. The standard InChI is InChI=1S/C13H7Cl2N3O/c14-8-5-9(7-16-6-8)19-13-11-4-2-1-3-10(11)12(15)17-18-13/h1-7H. The monoisotopic (exact) mass is 291 g/mol. The summed E-state index contributed by atoms with van der Waals surface area (Å²) in [6, 6.07) is 9.13. The van der Waals surface area contributed by atoms with Crippen molar-refractivity contribution in [2.45, 2.75) is 0 Å². The summed E-state index contributed by atoms with van der Waals surface area (Å²) in [7, 11) is 0. The highest BCUT2D eigenvalue weighted by Crippen LogP contribution is 2.30. The Morgan fingerprint density at radius 1 is 0.947 bits per heavy atom. The number of hydrogen-bond donors (Lipinski definition) is 0. The zero-order valence-corrected chi connectivity index (χ0v) is 11.1. The number of hydrogen-bond acceptors (Lipinski definition) is 4. The first-order valence-electron chi connectivity index (χ1n) is 5.43. The second-order valence-corrected chi connectivity index (χ2v) is 4.58. The lowest BCUT2D eigenvalue weighted by atomic mass is 10.2. The molecule has 0 aliphatic heterocycles. The summed E-state index contributed by atoms with van der Waals surface area (Å²) in [4.78, 5) is 3.95. The number of aromatic nitrogens is 3. The van der Waals surface area contributed by atoms with Gasteiger partial charge >= 0.3 is 0 Å². The molecule has 3 rings (SSSR count). The van der Waals surface area contributed by atoms with Gasteiger partial charge in [-0.1, -0.05) is 41.4 Å². The smallest absolute Gasteiger partial charge is 0.246 e. The molecule has 0 bridgehead atoms. The molecule has 0 aliphatic carbocycles. The molecule has 0 fully saturated rings. The number of nitrogens with zero attached hydrogens (tertiary/aromatic N) is 3. The van der Waals surface area contributed by atoms with Crippen LogP contribution in [0.15, 0.2) is 42.7 Å². The number of rotatable bonds is 2. The van der Waals surface area contributed by atoms with E-state index in [1.54, 1.807) is 12.3 Å². The van der Waals surface area contributed by atoms with Gasteiger partial charge < -0.3 is 4.74 Å². The molecule has 94 valence electrons. The van der Waals surface area contributed by atoms with Gasteiger partial charge in [0.15, 0.2) is 5.15 Å². The van der Waals surface area contributed by atoms with Crippen LogP contribution < -0.4 is 4.74 Å². The van der Waals surface area contributed by atoms with Crippen molar-refractivity contribution in [2.75, 3.05) is 0 Å². The Kier molecular flexibility index (Phi) is 3.19. The second kappa shape index (κ2) is 4.99. The molecule has 0 N–H and O–H groups in total. The highest BCUT2D eigenvalue weighted by molar-refractivity contribution is 6.34. The molecule has 3 aromatic rings. The van der Waals surface area contributed by atoms with Crippen LogP contribution in [0.3, 0.4) is 0 Å². The molecule has 2 aromatic heterocycles. The maximum absolute atomic E-state index is 5.99. The fourth-order valence-corrected chi connectivity index (χ4v) is 2.05. The summed E-state index contributed by atoms with van der Waals surface area (Å²) >= 11 is 11.8. The summed E-state index contributed by atoms with van der Waals surface area (Å²) < 4.78 is 5.65. The Morgan fingerprint density at radius 2 is 1.74 bits per heavy atom. The van der Waals surface area contributed by atoms with E-state index in [4.69, 9.17) is 27.9 Å². The molecule has 0 spiro atoms. The molecular weight excluding hydrogens is 285 g/mol. The van der Waals surface area contributed by atoms with Gasteiger partial charge in [0.1, 0.15) is 5.75 Å². The van der Waals surface area contributed by atoms with Crippen LogP contribution in [0.5, 0.6) is 11.6 Å². The van der Waals surface area contributed by atoms with E-state index in [9.17, 15) is 0 Å². The average molecular weight is 292 g/mol. The van der Waals surface area contributed by atoms with Crippen molar-refractivity contribution in [1.29, 1.82) is 0 Å². The minimum atomic E-state index is 0.340. The lowest BCUT2D eigenvalue weighted by Gasteiger charge is -2.07. The predicted molar refractivity (Wildman–Crippen MR) is 73.9 cm³/mol. The first-order chi connectivity index (χ1) is 9.24. The van der Waals surface area contributed by atoms with E-state index >= 15 is 0 Å². The number of pyridine rings is 1. The summed E-state index contributed by atoms with van der Waals surface area (Å²) in [6.45, 7) is 0. The van der Waals surface area contributed by atoms with Crippen LogP contribution in [0.4, 0.5) is 0 Å². The van der Waals surface area contributed by atoms with Crippen molar-refractivity contribution < 1.29 is 4.74 Å². The van der Waals surface area contributed by atoms with Crippen molar-refractivity contribution in [3.63, 3.8) is 0 Å². The summed E-state index contributed by atoms with van der Waals surface area (Å²) in [5.41, 5.74) is 0. The zero-order valence-electron chi connectivity index (χ0n) is 9.55. The Morgan fingerprint density at radius 3 is 2.53 bits per heavy atom. The summed E-state index contributed by atoms with van der Waals surface area (Å²) in [6.07, 6.45) is 3.08. The van der Waals surface area contributed by atoms with E-state index in [0.29, 0.717) is 21.8 Å². The van der Waals surface area contributed by atoms with Gasteiger partial charge in [0.2, 0.25) is 5.88 Å². The molecule has 0 saturated heterocycles. The van der Waals surface area contributed by atoms with Crippen LogP contribution in [-0.2, 0) is 0 Å². The Balaban J connectivity index is 2.09. The third kappa shape index (κ3) is 2.45. The van der Waals surface area contributed by atoms with Crippen LogP contribution in [0.1, 0.15) is 0 Å². The molecule has 0 saturated carbocycles. The van der Waals surface area contributed by atoms with Gasteiger partial charge in [-0.05, 0) is 6.07 Å². The van der Waals surface area contributed by atoms with Crippen molar-refractivity contribution in [2.24, 2.45) is 0 Å². The van der Waals surface area contributed by atoms with Crippen molar-refractivity contribution in [1.82, 2.24) is 15.2 Å². The SMILES string of the molecule is Clc1cncc(Oc2nnc(Cl)c3ccccc23)c1. The molecule has 6 heteroatoms. The topological polar surface area (TPSA) is 47.9 Å². The van der Waals surface area contributed by atoms with E-state index in [-0.39, 0.29) is 0 Å². The number of ether oxygens (including phenoxy) is 1. The van der Waals surface area contributed by atoms with Gasteiger partial charge in [0, 0.05) is 23.0 Å². The Hall–Kier alpha value is -1.91. The fraction of sp³-hybridized carbons (Fsp3) is 0. The number of fused-ring (bicyclic) bond motifs is 1. The molecule has 0 atom stereocenters. The van der Waals surface area contributed by atoms with Crippen molar-refractivity contribution in [3.05, 3.63) is 52.9 Å².